The van der Waals surface area contributed by atoms with Gasteiger partial charge in [0.05, 0.1) is 11.8 Å². The Morgan fingerprint density at radius 1 is 1.25 bits per heavy atom. The molecule has 24 heavy (non-hydrogen) atoms. The minimum absolute atomic E-state index is 0.119. The fourth-order valence-corrected chi connectivity index (χ4v) is 2.87. The van der Waals surface area contributed by atoms with Crippen LogP contribution in [0.2, 0.25) is 0 Å². The molecular weight excluding hydrogens is 306 g/mol. The van der Waals surface area contributed by atoms with E-state index in [-0.39, 0.29) is 18.1 Å². The Morgan fingerprint density at radius 2 is 1.96 bits per heavy atom. The largest absolute Gasteiger partial charge is 0.463 e. The van der Waals surface area contributed by atoms with Gasteiger partial charge in [0.2, 0.25) is 5.88 Å². The minimum Gasteiger partial charge on any atom is -0.463 e. The highest BCUT2D eigenvalue weighted by Gasteiger charge is 2.24. The first-order valence-electron chi connectivity index (χ1n) is 8.38. The average Bonchev–Trinajstić information content (AvgIpc) is 3.06. The van der Waals surface area contributed by atoms with Gasteiger partial charge in [-0.15, -0.1) is 5.10 Å². The number of amides is 1. The predicted octanol–water partition coefficient (Wildman–Crippen LogP) is 2.06. The van der Waals surface area contributed by atoms with Gasteiger partial charge < -0.3 is 15.2 Å². The molecule has 2 N–H and O–H groups in total. The van der Waals surface area contributed by atoms with Crippen molar-refractivity contribution in [1.29, 1.82) is 0 Å². The van der Waals surface area contributed by atoms with Gasteiger partial charge in [0, 0.05) is 18.3 Å². The number of nitrogens with zero attached hydrogens (tertiary/aromatic N) is 2. The Kier molecular flexibility index (Phi) is 5.15. The summed E-state index contributed by atoms with van der Waals surface area (Å²) in [5, 5.41) is 16.8. The zero-order chi connectivity index (χ0) is 16.9. The van der Waals surface area contributed by atoms with Crippen LogP contribution in [0.3, 0.4) is 0 Å². The molecule has 0 saturated heterocycles. The number of rotatable bonds is 5. The third-order valence-corrected chi connectivity index (χ3v) is 4.30. The topological polar surface area (TPSA) is 76.4 Å². The molecule has 1 aromatic heterocycles. The van der Waals surface area contributed by atoms with Crippen molar-refractivity contribution in [3.8, 4) is 11.6 Å². The van der Waals surface area contributed by atoms with Crippen LogP contribution in [0, 0.1) is 0 Å². The quantitative estimate of drug-likeness (QED) is 0.880. The number of aliphatic hydroxyl groups excluding tert-OH is 1. The lowest BCUT2D eigenvalue weighted by molar-refractivity contribution is -0.128. The number of aromatic nitrogens is 2. The van der Waals surface area contributed by atoms with Crippen LogP contribution in [0.4, 0.5) is 0 Å². The monoisotopic (exact) mass is 329 g/mol. The van der Waals surface area contributed by atoms with Crippen molar-refractivity contribution in [2.75, 3.05) is 0 Å². The summed E-state index contributed by atoms with van der Waals surface area (Å²) in [6.07, 6.45) is 4.05. The van der Waals surface area contributed by atoms with Crippen LogP contribution in [0.15, 0.2) is 42.6 Å². The number of carbonyl (C=O) groups excluding carboxylic acids is 1. The molecule has 128 valence electrons. The molecule has 0 radical (unpaired) electrons. The number of para-hydroxylation sites is 1. The van der Waals surface area contributed by atoms with Crippen molar-refractivity contribution in [2.24, 2.45) is 0 Å². The van der Waals surface area contributed by atoms with E-state index in [0.29, 0.717) is 5.88 Å². The molecule has 1 amide bonds. The molecule has 0 unspecified atom stereocenters. The fourth-order valence-electron chi connectivity index (χ4n) is 2.87. The van der Waals surface area contributed by atoms with Crippen molar-refractivity contribution < 1.29 is 14.6 Å². The molecule has 0 bridgehead atoms. The van der Waals surface area contributed by atoms with Crippen molar-refractivity contribution in [3.05, 3.63) is 42.6 Å². The molecule has 1 heterocycles. The summed E-state index contributed by atoms with van der Waals surface area (Å²) in [4.78, 5) is 12.2. The first-order valence-corrected chi connectivity index (χ1v) is 8.38. The number of hydrogen-bond donors (Lipinski definition) is 2. The van der Waals surface area contributed by atoms with E-state index in [0.717, 1.165) is 31.4 Å². The van der Waals surface area contributed by atoms with E-state index in [4.69, 9.17) is 4.74 Å². The first kappa shape index (κ1) is 16.5. The zero-order valence-electron chi connectivity index (χ0n) is 13.8. The van der Waals surface area contributed by atoms with Crippen LogP contribution >= 0.6 is 0 Å². The smallest absolute Gasteiger partial charge is 0.261 e. The van der Waals surface area contributed by atoms with Crippen molar-refractivity contribution in [2.45, 2.75) is 50.9 Å². The lowest BCUT2D eigenvalue weighted by atomic mass is 9.93. The highest BCUT2D eigenvalue weighted by atomic mass is 16.5. The second-order valence-corrected chi connectivity index (χ2v) is 6.21. The maximum Gasteiger partial charge on any atom is 0.261 e. The van der Waals surface area contributed by atoms with Gasteiger partial charge in [-0.1, -0.05) is 18.2 Å². The SMILES string of the molecule is C[C@H](Oc1ccn(-c2ccccc2)n1)C(=O)NC1CCC(O)CC1. The van der Waals surface area contributed by atoms with Gasteiger partial charge in [-0.25, -0.2) is 4.68 Å². The van der Waals surface area contributed by atoms with E-state index in [9.17, 15) is 9.90 Å². The second kappa shape index (κ2) is 7.49. The molecule has 2 aromatic rings. The van der Waals surface area contributed by atoms with E-state index in [1.54, 1.807) is 23.9 Å². The van der Waals surface area contributed by atoms with Crippen LogP contribution in [0.1, 0.15) is 32.6 Å². The Bertz CT molecular complexity index is 663. The van der Waals surface area contributed by atoms with Crippen LogP contribution in [0.25, 0.3) is 5.69 Å². The highest BCUT2D eigenvalue weighted by molar-refractivity contribution is 5.80. The Morgan fingerprint density at radius 3 is 2.67 bits per heavy atom. The number of benzene rings is 1. The third kappa shape index (κ3) is 4.14. The Hall–Kier alpha value is -2.34. The molecule has 1 aliphatic rings. The molecule has 1 fully saturated rings. The van der Waals surface area contributed by atoms with E-state index in [2.05, 4.69) is 10.4 Å². The molecule has 3 rings (SSSR count). The molecule has 1 aromatic carbocycles. The van der Waals surface area contributed by atoms with Crippen LogP contribution in [-0.4, -0.2) is 39.0 Å². The normalized spacial score (nSPS) is 21.9. The number of aliphatic hydroxyl groups is 1. The van der Waals surface area contributed by atoms with E-state index >= 15 is 0 Å². The molecule has 1 atom stereocenters. The summed E-state index contributed by atoms with van der Waals surface area (Å²) in [5.74, 6) is 0.270. The maximum atomic E-state index is 12.2. The van der Waals surface area contributed by atoms with Crippen molar-refractivity contribution in [3.63, 3.8) is 0 Å². The second-order valence-electron chi connectivity index (χ2n) is 6.21. The number of carbonyl (C=O) groups is 1. The van der Waals surface area contributed by atoms with Crippen LogP contribution in [0.5, 0.6) is 5.88 Å². The van der Waals surface area contributed by atoms with Crippen LogP contribution in [-0.2, 0) is 4.79 Å². The number of nitrogens with one attached hydrogen (secondary N) is 1. The van der Waals surface area contributed by atoms with E-state index in [1.165, 1.54) is 0 Å². The molecule has 6 heteroatoms. The molecule has 6 nitrogen and oxygen atoms in total. The van der Waals surface area contributed by atoms with Gasteiger partial charge >= 0.3 is 0 Å². The Labute approximate surface area is 141 Å². The predicted molar refractivity (Wildman–Crippen MR) is 90.1 cm³/mol. The highest BCUT2D eigenvalue weighted by Crippen LogP contribution is 2.19. The van der Waals surface area contributed by atoms with Gasteiger partial charge in [0.1, 0.15) is 0 Å². The fraction of sp³-hybridized carbons (Fsp3) is 0.444. The standard InChI is InChI=1S/C18H23N3O3/c1-13(18(23)19-14-7-9-16(22)10-8-14)24-17-11-12-21(20-17)15-5-3-2-4-6-15/h2-6,11-14,16,22H,7-10H2,1H3,(H,19,23)/t13-,14?,16?/m0/s1. The average molecular weight is 329 g/mol. The summed E-state index contributed by atoms with van der Waals surface area (Å²) < 4.78 is 7.36. The van der Waals surface area contributed by atoms with Crippen LogP contribution < -0.4 is 10.1 Å². The molecule has 0 aliphatic heterocycles. The van der Waals surface area contributed by atoms with Crippen molar-refractivity contribution >= 4 is 5.91 Å². The van der Waals surface area contributed by atoms with Gasteiger partial charge in [0.25, 0.3) is 5.91 Å². The Balaban J connectivity index is 1.54. The summed E-state index contributed by atoms with van der Waals surface area (Å²) in [7, 11) is 0. The maximum absolute atomic E-state index is 12.2. The zero-order valence-corrected chi connectivity index (χ0v) is 13.8. The molecule has 1 aliphatic carbocycles. The molecule has 0 spiro atoms. The minimum atomic E-state index is -0.615. The summed E-state index contributed by atoms with van der Waals surface area (Å²) in [5.41, 5.74) is 0.935. The number of ether oxygens (including phenoxy) is 1. The summed E-state index contributed by atoms with van der Waals surface area (Å²) in [6.45, 7) is 1.72. The number of hydrogen-bond acceptors (Lipinski definition) is 4. The molecular formula is C18H23N3O3. The van der Waals surface area contributed by atoms with E-state index in [1.807, 2.05) is 30.3 Å². The van der Waals surface area contributed by atoms with Gasteiger partial charge in [-0.05, 0) is 44.7 Å². The molecule has 1 saturated carbocycles. The van der Waals surface area contributed by atoms with Gasteiger partial charge in [-0.2, -0.15) is 0 Å². The first-order chi connectivity index (χ1) is 11.6. The van der Waals surface area contributed by atoms with Gasteiger partial charge in [-0.3, -0.25) is 4.79 Å². The lowest BCUT2D eigenvalue weighted by Gasteiger charge is -2.27. The summed E-state index contributed by atoms with van der Waals surface area (Å²) >= 11 is 0. The third-order valence-electron chi connectivity index (χ3n) is 4.30. The van der Waals surface area contributed by atoms with E-state index < -0.39 is 6.10 Å². The van der Waals surface area contributed by atoms with Gasteiger partial charge in [0.15, 0.2) is 6.10 Å². The lowest BCUT2D eigenvalue weighted by Crippen LogP contribution is -2.44. The summed E-state index contributed by atoms with van der Waals surface area (Å²) in [6, 6.07) is 11.6. The van der Waals surface area contributed by atoms with Crippen molar-refractivity contribution in [1.82, 2.24) is 15.1 Å².